The molecule has 0 unspecified atom stereocenters. The van der Waals surface area contributed by atoms with Gasteiger partial charge >= 0.3 is 0 Å². The lowest BCUT2D eigenvalue weighted by Crippen LogP contribution is -2.04. The molecule has 6 aromatic rings. The molecule has 2 N–H and O–H groups in total. The number of aromatic nitrogens is 2. The van der Waals surface area contributed by atoms with Crippen LogP contribution in [0.4, 0.5) is 0 Å². The SMILES string of the molecule is O=C(c1ccc(Br)cc1)c1cc(-c2cc(C(=O)c3ccc(Br)cc3)c3[nH]cc(Br)c3c2)cc2c(Br)c[nH]c12. The molecule has 0 aliphatic carbocycles. The summed E-state index contributed by atoms with van der Waals surface area (Å²) in [6.45, 7) is 0. The number of H-pyrrole nitrogens is 2. The van der Waals surface area contributed by atoms with Gasteiger partial charge in [0.2, 0.25) is 0 Å². The van der Waals surface area contributed by atoms with Gasteiger partial charge in [-0.25, -0.2) is 0 Å². The summed E-state index contributed by atoms with van der Waals surface area (Å²) in [5.41, 5.74) is 5.46. The number of hydrogen-bond donors (Lipinski definition) is 2. The number of benzene rings is 4. The largest absolute Gasteiger partial charge is 0.359 e. The number of carbonyl (C=O) groups excluding carboxylic acids is 2. The van der Waals surface area contributed by atoms with Gasteiger partial charge in [-0.05, 0) is 116 Å². The number of nitrogens with one attached hydrogen (secondary N) is 2. The van der Waals surface area contributed by atoms with Crippen LogP contribution in [0.2, 0.25) is 0 Å². The second-order valence-electron chi connectivity index (χ2n) is 8.84. The number of ketones is 2. The fourth-order valence-corrected chi connectivity index (χ4v) is 5.99. The minimum Gasteiger partial charge on any atom is -0.359 e. The molecule has 0 aliphatic rings. The third kappa shape index (κ3) is 4.53. The van der Waals surface area contributed by atoms with Crippen molar-refractivity contribution in [2.45, 2.75) is 0 Å². The minimum absolute atomic E-state index is 0.0891. The van der Waals surface area contributed by atoms with Gasteiger partial charge in [-0.15, -0.1) is 0 Å². The zero-order valence-electron chi connectivity index (χ0n) is 19.4. The van der Waals surface area contributed by atoms with E-state index in [1.165, 1.54) is 0 Å². The van der Waals surface area contributed by atoms with Crippen molar-refractivity contribution >= 4 is 97.1 Å². The van der Waals surface area contributed by atoms with Crippen LogP contribution in [0.5, 0.6) is 0 Å². The molecule has 0 amide bonds. The molecule has 0 saturated carbocycles. The first kappa shape index (κ1) is 25.5. The lowest BCUT2D eigenvalue weighted by molar-refractivity contribution is 0.103. The van der Waals surface area contributed by atoms with E-state index in [-0.39, 0.29) is 11.6 Å². The quantitative estimate of drug-likeness (QED) is 0.172. The Morgan fingerprint density at radius 1 is 0.526 bits per heavy atom. The molecule has 0 atom stereocenters. The van der Waals surface area contributed by atoms with Gasteiger partial charge in [0.25, 0.3) is 0 Å². The van der Waals surface area contributed by atoms with E-state index in [9.17, 15) is 9.59 Å². The summed E-state index contributed by atoms with van der Waals surface area (Å²) >= 11 is 14.1. The number of hydrogen-bond acceptors (Lipinski definition) is 2. The molecule has 0 saturated heterocycles. The summed E-state index contributed by atoms with van der Waals surface area (Å²) in [6, 6.07) is 22.5. The lowest BCUT2D eigenvalue weighted by atomic mass is 9.92. The molecule has 0 spiro atoms. The highest BCUT2D eigenvalue weighted by Gasteiger charge is 2.21. The minimum atomic E-state index is -0.0891. The first-order valence-corrected chi connectivity index (χ1v) is 14.7. The van der Waals surface area contributed by atoms with Gasteiger partial charge in [-0.2, -0.15) is 0 Å². The first-order valence-electron chi connectivity index (χ1n) is 11.5. The van der Waals surface area contributed by atoms with Crippen molar-refractivity contribution in [2.24, 2.45) is 0 Å². The normalized spacial score (nSPS) is 11.4. The molecular weight excluding hydrogens is 740 g/mol. The van der Waals surface area contributed by atoms with Gasteiger partial charge in [0.05, 0.1) is 11.0 Å². The maximum Gasteiger partial charge on any atom is 0.195 e. The Kier molecular flexibility index (Phi) is 6.76. The van der Waals surface area contributed by atoms with Gasteiger partial charge in [0, 0.05) is 63.3 Å². The van der Waals surface area contributed by atoms with Crippen molar-refractivity contribution in [1.29, 1.82) is 0 Å². The van der Waals surface area contributed by atoms with Crippen LogP contribution in [0.15, 0.2) is 103 Å². The highest BCUT2D eigenvalue weighted by Crippen LogP contribution is 2.37. The third-order valence-electron chi connectivity index (χ3n) is 6.51. The van der Waals surface area contributed by atoms with Crippen LogP contribution in [0.1, 0.15) is 31.8 Å². The van der Waals surface area contributed by atoms with Gasteiger partial charge in [-0.1, -0.05) is 31.9 Å². The van der Waals surface area contributed by atoms with E-state index in [4.69, 9.17) is 0 Å². The molecule has 4 aromatic carbocycles. The smallest absolute Gasteiger partial charge is 0.195 e. The average molecular weight is 756 g/mol. The summed E-state index contributed by atoms with van der Waals surface area (Å²) in [7, 11) is 0. The van der Waals surface area contributed by atoms with Crippen LogP contribution in [0.25, 0.3) is 32.9 Å². The second-order valence-corrected chi connectivity index (χ2v) is 12.4. The van der Waals surface area contributed by atoms with Crippen molar-refractivity contribution in [1.82, 2.24) is 9.97 Å². The second kappa shape index (κ2) is 10.1. The van der Waals surface area contributed by atoms with Crippen molar-refractivity contribution in [3.63, 3.8) is 0 Å². The van der Waals surface area contributed by atoms with Crippen molar-refractivity contribution < 1.29 is 9.59 Å². The van der Waals surface area contributed by atoms with Crippen LogP contribution in [-0.2, 0) is 0 Å². The number of rotatable bonds is 5. The number of halogens is 4. The van der Waals surface area contributed by atoms with E-state index in [1.54, 1.807) is 24.3 Å². The highest BCUT2D eigenvalue weighted by molar-refractivity contribution is 9.11. The van der Waals surface area contributed by atoms with Crippen LogP contribution in [-0.4, -0.2) is 21.5 Å². The third-order valence-corrected chi connectivity index (χ3v) is 8.88. The Hall–Kier alpha value is -2.78. The molecule has 0 fully saturated rings. The molecule has 0 radical (unpaired) electrons. The topological polar surface area (TPSA) is 65.7 Å². The molecule has 0 bridgehead atoms. The van der Waals surface area contributed by atoms with E-state index in [0.717, 1.165) is 50.8 Å². The summed E-state index contributed by atoms with van der Waals surface area (Å²) in [6.07, 6.45) is 3.67. The molecule has 8 heteroatoms. The summed E-state index contributed by atoms with van der Waals surface area (Å²) in [5.74, 6) is -0.178. The average Bonchev–Trinajstić information content (AvgIpc) is 3.50. The zero-order chi connectivity index (χ0) is 26.6. The number of fused-ring (bicyclic) bond motifs is 2. The van der Waals surface area contributed by atoms with Crippen molar-refractivity contribution in [3.8, 4) is 11.1 Å². The molecule has 0 aliphatic heterocycles. The molecule has 2 aromatic heterocycles. The molecule has 186 valence electrons. The fraction of sp³-hybridized carbons (Fsp3) is 0. The molecular formula is C30H16Br4N2O2. The van der Waals surface area contributed by atoms with Gasteiger partial charge in [-0.3, -0.25) is 9.59 Å². The number of carbonyl (C=O) groups is 2. The highest BCUT2D eigenvalue weighted by atomic mass is 79.9. The van der Waals surface area contributed by atoms with Crippen LogP contribution in [0, 0.1) is 0 Å². The Morgan fingerprint density at radius 3 is 1.26 bits per heavy atom. The van der Waals surface area contributed by atoms with Crippen LogP contribution < -0.4 is 0 Å². The molecule has 6 rings (SSSR count). The Morgan fingerprint density at radius 2 is 0.895 bits per heavy atom. The molecule has 2 heterocycles. The van der Waals surface area contributed by atoms with E-state index in [0.29, 0.717) is 22.3 Å². The number of aromatic amines is 2. The Labute approximate surface area is 251 Å². The standard InChI is InChI=1S/C30H16Br4N2O2/c31-19-5-1-15(2-6-19)29(37)23-11-17(9-21-25(33)13-35-27(21)23)18-10-22-26(34)14-36-28(22)24(12-18)30(38)16-3-7-20(32)8-4-16/h1-14,35-36H. The monoisotopic (exact) mass is 752 g/mol. The van der Waals surface area contributed by atoms with Crippen LogP contribution >= 0.6 is 63.7 Å². The van der Waals surface area contributed by atoms with Gasteiger partial charge in [0.1, 0.15) is 0 Å². The first-order chi connectivity index (χ1) is 18.3. The molecule has 38 heavy (non-hydrogen) atoms. The van der Waals surface area contributed by atoms with Crippen LogP contribution in [0.3, 0.4) is 0 Å². The van der Waals surface area contributed by atoms with E-state index >= 15 is 0 Å². The molecule has 4 nitrogen and oxygen atoms in total. The van der Waals surface area contributed by atoms with Gasteiger partial charge < -0.3 is 9.97 Å². The van der Waals surface area contributed by atoms with Gasteiger partial charge in [0.15, 0.2) is 11.6 Å². The maximum absolute atomic E-state index is 13.7. The van der Waals surface area contributed by atoms with E-state index in [1.807, 2.05) is 60.9 Å². The summed E-state index contributed by atoms with van der Waals surface area (Å²) in [4.78, 5) is 33.8. The van der Waals surface area contributed by atoms with E-state index in [2.05, 4.69) is 73.7 Å². The predicted molar refractivity (Wildman–Crippen MR) is 166 cm³/mol. The predicted octanol–water partition coefficient (Wildman–Crippen LogP) is 9.83. The summed E-state index contributed by atoms with van der Waals surface area (Å²) < 4.78 is 3.52. The summed E-state index contributed by atoms with van der Waals surface area (Å²) in [5, 5.41) is 1.77. The van der Waals surface area contributed by atoms with Crippen molar-refractivity contribution in [2.75, 3.05) is 0 Å². The Balaban J connectivity index is 1.56. The zero-order valence-corrected chi connectivity index (χ0v) is 25.8. The van der Waals surface area contributed by atoms with Crippen molar-refractivity contribution in [3.05, 3.63) is 125 Å². The maximum atomic E-state index is 13.7. The van der Waals surface area contributed by atoms with E-state index < -0.39 is 0 Å². The lowest BCUT2D eigenvalue weighted by Gasteiger charge is -2.11. The fourth-order valence-electron chi connectivity index (χ4n) is 4.60. The Bertz CT molecular complexity index is 1750.